The van der Waals surface area contributed by atoms with Gasteiger partial charge in [-0.05, 0) is 42.8 Å². The number of rotatable bonds is 7. The van der Waals surface area contributed by atoms with Gasteiger partial charge in [0.2, 0.25) is 0 Å². The van der Waals surface area contributed by atoms with Gasteiger partial charge in [-0.3, -0.25) is 4.79 Å². The van der Waals surface area contributed by atoms with Gasteiger partial charge in [0.15, 0.2) is 11.6 Å². The Hall–Kier alpha value is -3.55. The summed E-state index contributed by atoms with van der Waals surface area (Å²) in [5, 5.41) is 0. The Bertz CT molecular complexity index is 1060. The van der Waals surface area contributed by atoms with Crippen LogP contribution in [-0.4, -0.2) is 29.6 Å². The van der Waals surface area contributed by atoms with E-state index in [0.717, 1.165) is 0 Å². The van der Waals surface area contributed by atoms with E-state index in [1.165, 1.54) is 37.7 Å². The highest BCUT2D eigenvalue weighted by atomic mass is 19.1. The minimum Gasteiger partial charge on any atom is -0.493 e. The van der Waals surface area contributed by atoms with E-state index in [0.29, 0.717) is 34.9 Å². The van der Waals surface area contributed by atoms with Crippen LogP contribution in [0.25, 0.3) is 11.3 Å². The minimum atomic E-state index is -0.793. The number of halogens is 2. The normalized spacial score (nSPS) is 10.6. The molecular formula is C21H19F2N3O3. The molecule has 0 radical (unpaired) electrons. The van der Waals surface area contributed by atoms with Gasteiger partial charge < -0.3 is 15.2 Å². The molecule has 0 aliphatic carbocycles. The third-order valence-corrected chi connectivity index (χ3v) is 4.20. The first-order valence-corrected chi connectivity index (χ1v) is 8.82. The van der Waals surface area contributed by atoms with Crippen LogP contribution in [0.2, 0.25) is 0 Å². The molecule has 0 spiro atoms. The number of aromatic nitrogens is 2. The Labute approximate surface area is 166 Å². The smallest absolute Gasteiger partial charge is 0.252 e. The summed E-state index contributed by atoms with van der Waals surface area (Å²) in [5.74, 6) is -1.73. The molecule has 3 rings (SSSR count). The maximum Gasteiger partial charge on any atom is 0.252 e. The molecule has 2 aromatic carbocycles. The van der Waals surface area contributed by atoms with Crippen LogP contribution in [-0.2, 0) is 6.42 Å². The van der Waals surface area contributed by atoms with E-state index in [1.807, 2.05) is 0 Å². The van der Waals surface area contributed by atoms with Crippen molar-refractivity contribution in [3.63, 3.8) is 0 Å². The molecule has 0 saturated heterocycles. The summed E-state index contributed by atoms with van der Waals surface area (Å²) >= 11 is 0. The van der Waals surface area contributed by atoms with Crippen LogP contribution in [0.1, 0.15) is 28.5 Å². The van der Waals surface area contributed by atoms with Crippen molar-refractivity contribution in [1.82, 2.24) is 9.97 Å². The molecule has 150 valence electrons. The average Bonchev–Trinajstić information content (AvgIpc) is 2.68. The number of hydrogen-bond acceptors (Lipinski definition) is 5. The summed E-state index contributed by atoms with van der Waals surface area (Å²) in [7, 11) is 1.26. The molecule has 0 aliphatic rings. The Morgan fingerprint density at radius 2 is 1.93 bits per heavy atom. The first kappa shape index (κ1) is 20.2. The Morgan fingerprint density at radius 1 is 1.14 bits per heavy atom. The van der Waals surface area contributed by atoms with Crippen LogP contribution < -0.4 is 15.2 Å². The molecule has 0 bridgehead atoms. The number of amides is 1. The largest absolute Gasteiger partial charge is 0.493 e. The minimum absolute atomic E-state index is 0.0473. The Balaban J connectivity index is 1.97. The number of primary amides is 1. The Morgan fingerprint density at radius 3 is 2.62 bits per heavy atom. The van der Waals surface area contributed by atoms with Gasteiger partial charge in [-0.15, -0.1) is 0 Å². The van der Waals surface area contributed by atoms with E-state index in [1.54, 1.807) is 19.1 Å². The highest BCUT2D eigenvalue weighted by Crippen LogP contribution is 2.30. The van der Waals surface area contributed by atoms with Gasteiger partial charge in [0.1, 0.15) is 17.9 Å². The fourth-order valence-corrected chi connectivity index (χ4v) is 2.98. The van der Waals surface area contributed by atoms with Gasteiger partial charge in [-0.1, -0.05) is 0 Å². The maximum atomic E-state index is 14.3. The van der Waals surface area contributed by atoms with Crippen molar-refractivity contribution in [3.8, 4) is 22.8 Å². The number of nitrogens with two attached hydrogens (primary N) is 1. The highest BCUT2D eigenvalue weighted by Gasteiger charge is 2.17. The average molecular weight is 399 g/mol. The standard InChI is InChI=1S/C21H19F2N3O3/c1-3-29-19-9-13(22)4-5-15(19)18-10-14(25-11-26-18)6-12-7-16(21(24)27)20(28-2)17(23)8-12/h4-5,7-11H,3,6H2,1-2H3,(H2,24,27). The van der Waals surface area contributed by atoms with Crippen molar-refractivity contribution >= 4 is 5.91 Å². The third kappa shape index (κ3) is 4.48. The zero-order valence-corrected chi connectivity index (χ0v) is 15.9. The van der Waals surface area contributed by atoms with Crippen molar-refractivity contribution in [3.05, 3.63) is 71.2 Å². The number of benzene rings is 2. The van der Waals surface area contributed by atoms with Gasteiger partial charge in [-0.2, -0.15) is 0 Å². The molecular weight excluding hydrogens is 380 g/mol. The van der Waals surface area contributed by atoms with Crippen LogP contribution in [0.4, 0.5) is 8.78 Å². The molecule has 0 saturated carbocycles. The number of ether oxygens (including phenoxy) is 2. The van der Waals surface area contributed by atoms with Crippen LogP contribution in [0.3, 0.4) is 0 Å². The second kappa shape index (κ2) is 8.64. The fourth-order valence-electron chi connectivity index (χ4n) is 2.98. The van der Waals surface area contributed by atoms with Gasteiger partial charge >= 0.3 is 0 Å². The molecule has 6 nitrogen and oxygen atoms in total. The summed E-state index contributed by atoms with van der Waals surface area (Å²) < 4.78 is 38.3. The second-order valence-corrected chi connectivity index (χ2v) is 6.17. The van der Waals surface area contributed by atoms with Crippen molar-refractivity contribution in [1.29, 1.82) is 0 Å². The number of nitrogens with zero attached hydrogens (tertiary/aromatic N) is 2. The van der Waals surface area contributed by atoms with Crippen LogP contribution >= 0.6 is 0 Å². The first-order chi connectivity index (χ1) is 13.9. The number of carbonyl (C=O) groups excluding carboxylic acids is 1. The fraction of sp³-hybridized carbons (Fsp3) is 0.190. The van der Waals surface area contributed by atoms with E-state index in [9.17, 15) is 13.6 Å². The SMILES string of the molecule is CCOc1cc(F)ccc1-c1cc(Cc2cc(F)c(OC)c(C(N)=O)c2)ncn1. The second-order valence-electron chi connectivity index (χ2n) is 6.17. The van der Waals surface area contributed by atoms with Crippen LogP contribution in [0.5, 0.6) is 11.5 Å². The number of carbonyl (C=O) groups is 1. The van der Waals surface area contributed by atoms with Crippen molar-refractivity contribution in [2.45, 2.75) is 13.3 Å². The lowest BCUT2D eigenvalue weighted by atomic mass is 10.0. The molecule has 8 heteroatoms. The molecule has 1 aromatic heterocycles. The van der Waals surface area contributed by atoms with Gasteiger partial charge in [0.05, 0.1) is 25.0 Å². The molecule has 1 heterocycles. The molecule has 0 unspecified atom stereocenters. The zero-order valence-electron chi connectivity index (χ0n) is 15.9. The Kier molecular flexibility index (Phi) is 6.01. The topological polar surface area (TPSA) is 87.3 Å². The third-order valence-electron chi connectivity index (χ3n) is 4.20. The van der Waals surface area contributed by atoms with Crippen LogP contribution in [0, 0.1) is 11.6 Å². The zero-order chi connectivity index (χ0) is 21.0. The molecule has 1 amide bonds. The van der Waals surface area contributed by atoms with E-state index in [4.69, 9.17) is 15.2 Å². The lowest BCUT2D eigenvalue weighted by Crippen LogP contribution is -2.14. The van der Waals surface area contributed by atoms with Gasteiger partial charge in [0.25, 0.3) is 5.91 Å². The molecule has 0 fully saturated rings. The lowest BCUT2D eigenvalue weighted by molar-refractivity contribution is 0.0996. The van der Waals surface area contributed by atoms with Gasteiger partial charge in [0, 0.05) is 23.7 Å². The maximum absolute atomic E-state index is 14.3. The summed E-state index contributed by atoms with van der Waals surface area (Å²) in [5.41, 5.74) is 7.48. The van der Waals surface area contributed by atoms with E-state index >= 15 is 0 Å². The predicted molar refractivity (Wildman–Crippen MR) is 103 cm³/mol. The van der Waals surface area contributed by atoms with Crippen LogP contribution in [0.15, 0.2) is 42.7 Å². The molecule has 29 heavy (non-hydrogen) atoms. The molecule has 2 N–H and O–H groups in total. The molecule has 0 atom stereocenters. The first-order valence-electron chi connectivity index (χ1n) is 8.82. The summed E-state index contributed by atoms with van der Waals surface area (Å²) in [6, 6.07) is 8.61. The molecule has 3 aromatic rings. The number of methoxy groups -OCH3 is 1. The summed E-state index contributed by atoms with van der Waals surface area (Å²) in [6.45, 7) is 2.17. The van der Waals surface area contributed by atoms with E-state index in [2.05, 4.69) is 9.97 Å². The van der Waals surface area contributed by atoms with Crippen molar-refractivity contribution in [2.24, 2.45) is 5.73 Å². The van der Waals surface area contributed by atoms with Gasteiger partial charge in [-0.25, -0.2) is 18.7 Å². The lowest BCUT2D eigenvalue weighted by Gasteiger charge is -2.12. The van der Waals surface area contributed by atoms with E-state index in [-0.39, 0.29) is 17.7 Å². The predicted octanol–water partition coefficient (Wildman–Crippen LogP) is 3.52. The van der Waals surface area contributed by atoms with E-state index < -0.39 is 17.5 Å². The summed E-state index contributed by atoms with van der Waals surface area (Å²) in [4.78, 5) is 20.0. The quantitative estimate of drug-likeness (QED) is 0.657. The van der Waals surface area contributed by atoms with Crippen molar-refractivity contribution in [2.75, 3.05) is 13.7 Å². The molecule has 0 aliphatic heterocycles. The van der Waals surface area contributed by atoms with Crippen molar-refractivity contribution < 1.29 is 23.0 Å². The number of hydrogen-bond donors (Lipinski definition) is 1. The monoisotopic (exact) mass is 399 g/mol. The highest BCUT2D eigenvalue weighted by molar-refractivity contribution is 5.96. The summed E-state index contributed by atoms with van der Waals surface area (Å²) in [6.07, 6.45) is 1.58.